The van der Waals surface area contributed by atoms with Crippen LogP contribution in [-0.2, 0) is 31.3 Å². The summed E-state index contributed by atoms with van der Waals surface area (Å²) < 4.78 is 22.5. The molecule has 0 aromatic heterocycles. The molecule has 2 aliphatic heterocycles. The molecule has 0 aliphatic carbocycles. The Balaban J connectivity index is 0. The molecule has 1 aromatic rings. The van der Waals surface area contributed by atoms with Crippen LogP contribution in [0.3, 0.4) is 0 Å². The van der Waals surface area contributed by atoms with Gasteiger partial charge in [0.2, 0.25) is 0 Å². The average Bonchev–Trinajstić information content (AvgIpc) is 3.10. The molecule has 0 saturated carbocycles. The first kappa shape index (κ1) is 21.1. The molecule has 1 saturated heterocycles. The van der Waals surface area contributed by atoms with Crippen molar-refractivity contribution in [2.75, 3.05) is 11.4 Å². The third kappa shape index (κ3) is 4.13. The quantitative estimate of drug-likeness (QED) is 0.537. The molecule has 1 aromatic carbocycles. The average molecular weight is 309 g/mol. The molecule has 20 heavy (non-hydrogen) atoms. The van der Waals surface area contributed by atoms with Crippen molar-refractivity contribution in [3.05, 3.63) is 49.8 Å². The molecular formula is C15H15CrNO3. The SMILES string of the molecule is C[C@@H]1c2ccccc2N2CCC[C@H]12.[C-]#[O+].[C-]#[O+].[C-]#[O+].[Cr]. The van der Waals surface area contributed by atoms with E-state index in [0.717, 1.165) is 12.0 Å². The zero-order chi connectivity index (χ0) is 14.8. The van der Waals surface area contributed by atoms with Crippen molar-refractivity contribution < 1.29 is 31.3 Å². The third-order valence-corrected chi connectivity index (χ3v) is 3.61. The summed E-state index contributed by atoms with van der Waals surface area (Å²) in [6, 6.07) is 9.69. The second kappa shape index (κ2) is 11.6. The number of fused-ring (bicyclic) bond motifs is 3. The number of hydrogen-bond donors (Lipinski definition) is 0. The fraction of sp³-hybridized carbons (Fsp3) is 0.400. The molecule has 2 atom stereocenters. The van der Waals surface area contributed by atoms with E-state index in [1.165, 1.54) is 25.1 Å². The summed E-state index contributed by atoms with van der Waals surface area (Å²) in [6.45, 7) is 17.1. The molecule has 2 aliphatic rings. The van der Waals surface area contributed by atoms with Gasteiger partial charge < -0.3 is 4.90 Å². The largest absolute Gasteiger partial charge is 0 e. The summed E-state index contributed by atoms with van der Waals surface area (Å²) in [5.74, 6) is 0.749. The molecule has 0 unspecified atom stereocenters. The van der Waals surface area contributed by atoms with Gasteiger partial charge in [-0.2, -0.15) is 0 Å². The van der Waals surface area contributed by atoms with Crippen molar-refractivity contribution in [2.45, 2.75) is 31.7 Å². The normalized spacial score (nSPS) is 20.1. The summed E-state index contributed by atoms with van der Waals surface area (Å²) in [4.78, 5) is 2.60. The van der Waals surface area contributed by atoms with E-state index in [-0.39, 0.29) is 17.4 Å². The van der Waals surface area contributed by atoms with E-state index in [1.807, 2.05) is 0 Å². The summed E-state index contributed by atoms with van der Waals surface area (Å²) in [5.41, 5.74) is 3.06. The van der Waals surface area contributed by atoms with Crippen molar-refractivity contribution in [1.29, 1.82) is 0 Å². The summed E-state index contributed by atoms with van der Waals surface area (Å²) in [5, 5.41) is 0. The van der Waals surface area contributed by atoms with Gasteiger partial charge in [0.25, 0.3) is 0 Å². The molecule has 3 rings (SSSR count). The number of anilines is 1. The molecular weight excluding hydrogens is 294 g/mol. The molecule has 5 heteroatoms. The van der Waals surface area contributed by atoms with Crippen LogP contribution in [0.15, 0.2) is 24.3 Å². The molecule has 0 N–H and O–H groups in total. The molecule has 2 heterocycles. The number of rotatable bonds is 0. The minimum Gasteiger partial charge on any atom is 0 e. The summed E-state index contributed by atoms with van der Waals surface area (Å²) >= 11 is 0. The van der Waals surface area contributed by atoms with Crippen molar-refractivity contribution in [1.82, 2.24) is 0 Å². The monoisotopic (exact) mass is 309 g/mol. The second-order valence-corrected chi connectivity index (χ2v) is 4.25. The van der Waals surface area contributed by atoms with Crippen LogP contribution in [0.4, 0.5) is 5.69 Å². The van der Waals surface area contributed by atoms with Crippen LogP contribution in [0, 0.1) is 20.0 Å². The Hall–Kier alpha value is -1.23. The standard InChI is InChI=1S/C12H15N.3CO.Cr/c1-9-10-5-2-3-6-12(10)13-8-4-7-11(9)13;3*1-2;/h2-3,5-6,9,11H,4,7-8H2,1H3;;;;/t9-,11-;;;;/m1..../s1. The van der Waals surface area contributed by atoms with Gasteiger partial charge in [0.15, 0.2) is 0 Å². The van der Waals surface area contributed by atoms with E-state index >= 15 is 0 Å². The first-order valence-electron chi connectivity index (χ1n) is 5.85. The van der Waals surface area contributed by atoms with Gasteiger partial charge in [-0.05, 0) is 24.5 Å². The molecule has 0 amide bonds. The van der Waals surface area contributed by atoms with Gasteiger partial charge in [0.05, 0.1) is 0 Å². The van der Waals surface area contributed by atoms with Crippen LogP contribution >= 0.6 is 0 Å². The van der Waals surface area contributed by atoms with Crippen LogP contribution in [0.25, 0.3) is 0 Å². The molecule has 4 nitrogen and oxygen atoms in total. The van der Waals surface area contributed by atoms with Crippen LogP contribution in [-0.4, -0.2) is 12.6 Å². The number of para-hydroxylation sites is 1. The Bertz CT molecular complexity index is 442. The fourth-order valence-electron chi connectivity index (χ4n) is 2.95. The Morgan fingerprint density at radius 2 is 1.60 bits per heavy atom. The Morgan fingerprint density at radius 1 is 1.05 bits per heavy atom. The minimum absolute atomic E-state index is 0. The molecule has 0 spiro atoms. The van der Waals surface area contributed by atoms with E-state index in [9.17, 15) is 0 Å². The topological polar surface area (TPSA) is 62.9 Å². The number of nitrogens with zero attached hydrogens (tertiary/aromatic N) is 1. The smallest absolute Gasteiger partial charge is 0 e. The maximum atomic E-state index is 7.50. The number of benzene rings is 1. The summed E-state index contributed by atoms with van der Waals surface area (Å²) in [6.07, 6.45) is 2.76. The predicted molar refractivity (Wildman–Crippen MR) is 67.0 cm³/mol. The summed E-state index contributed by atoms with van der Waals surface area (Å²) in [7, 11) is 0. The predicted octanol–water partition coefficient (Wildman–Crippen LogP) is 2.66. The van der Waals surface area contributed by atoms with Gasteiger partial charge >= 0.3 is 33.9 Å². The van der Waals surface area contributed by atoms with E-state index in [1.54, 1.807) is 5.56 Å². The van der Waals surface area contributed by atoms with Crippen molar-refractivity contribution in [3.8, 4) is 0 Å². The Labute approximate surface area is 130 Å². The van der Waals surface area contributed by atoms with Crippen molar-refractivity contribution in [3.63, 3.8) is 0 Å². The van der Waals surface area contributed by atoms with Gasteiger partial charge in [-0.25, -0.2) is 0 Å². The van der Waals surface area contributed by atoms with Crippen LogP contribution in [0.5, 0.6) is 0 Å². The van der Waals surface area contributed by atoms with E-state index in [4.69, 9.17) is 14.0 Å². The zero-order valence-corrected chi connectivity index (χ0v) is 12.4. The van der Waals surface area contributed by atoms with E-state index in [2.05, 4.69) is 56.0 Å². The molecule has 1 fully saturated rings. The van der Waals surface area contributed by atoms with Crippen LogP contribution < -0.4 is 4.90 Å². The fourth-order valence-corrected chi connectivity index (χ4v) is 2.95. The minimum atomic E-state index is 0. The van der Waals surface area contributed by atoms with Crippen LogP contribution in [0.2, 0.25) is 0 Å². The molecule has 0 radical (unpaired) electrons. The maximum absolute atomic E-state index is 7.50. The van der Waals surface area contributed by atoms with E-state index in [0.29, 0.717) is 0 Å². The number of hydrogen-bond acceptors (Lipinski definition) is 1. The van der Waals surface area contributed by atoms with Gasteiger partial charge in [0.1, 0.15) is 0 Å². The van der Waals surface area contributed by atoms with Crippen molar-refractivity contribution >= 4 is 5.69 Å². The Morgan fingerprint density at radius 3 is 2.20 bits per heavy atom. The Kier molecular flexibility index (Phi) is 12.2. The zero-order valence-electron chi connectivity index (χ0n) is 11.2. The van der Waals surface area contributed by atoms with Gasteiger partial charge in [-0.1, -0.05) is 25.1 Å². The maximum Gasteiger partial charge on any atom is 0 e. The molecule has 0 bridgehead atoms. The second-order valence-electron chi connectivity index (χ2n) is 4.25. The molecule has 104 valence electrons. The third-order valence-electron chi connectivity index (χ3n) is 3.61. The first-order valence-corrected chi connectivity index (χ1v) is 5.85. The van der Waals surface area contributed by atoms with Gasteiger partial charge in [-0.15, -0.1) is 0 Å². The van der Waals surface area contributed by atoms with Gasteiger partial charge in [-0.3, -0.25) is 0 Å². The van der Waals surface area contributed by atoms with Crippen LogP contribution in [0.1, 0.15) is 31.2 Å². The first-order chi connectivity index (χ1) is 9.38. The van der Waals surface area contributed by atoms with E-state index < -0.39 is 0 Å². The van der Waals surface area contributed by atoms with Crippen molar-refractivity contribution in [2.24, 2.45) is 0 Å². The van der Waals surface area contributed by atoms with Gasteiger partial charge in [0, 0.05) is 41.6 Å².